The van der Waals surface area contributed by atoms with Crippen LogP contribution in [0.4, 0.5) is 10.1 Å². The van der Waals surface area contributed by atoms with E-state index in [9.17, 15) is 9.18 Å². The Bertz CT molecular complexity index is 949. The number of hydrogen-bond donors (Lipinski definition) is 1. The highest BCUT2D eigenvalue weighted by atomic mass is 32.1. The van der Waals surface area contributed by atoms with E-state index in [0.29, 0.717) is 17.5 Å². The number of nitrogens with one attached hydrogen (secondary N) is 1. The van der Waals surface area contributed by atoms with Gasteiger partial charge in [0.2, 0.25) is 5.89 Å². The minimum Gasteiger partial charge on any atom is -0.494 e. The van der Waals surface area contributed by atoms with Gasteiger partial charge in [-0.1, -0.05) is 13.8 Å². The third-order valence-corrected chi connectivity index (χ3v) is 4.76. The molecule has 0 saturated heterocycles. The molecule has 0 unspecified atom stereocenters. The van der Waals surface area contributed by atoms with Crippen LogP contribution in [-0.4, -0.2) is 23.2 Å². The van der Waals surface area contributed by atoms with Crippen LogP contribution in [-0.2, 0) is 0 Å². The molecule has 0 saturated carbocycles. The predicted molar refractivity (Wildman–Crippen MR) is 97.3 cm³/mol. The van der Waals surface area contributed by atoms with Crippen molar-refractivity contribution in [2.24, 2.45) is 0 Å². The Labute approximate surface area is 154 Å². The summed E-state index contributed by atoms with van der Waals surface area (Å²) >= 11 is 1.43. The predicted octanol–water partition coefficient (Wildman–Crippen LogP) is 4.63. The van der Waals surface area contributed by atoms with Gasteiger partial charge in [-0.3, -0.25) is 4.79 Å². The molecule has 1 N–H and O–H groups in total. The number of halogens is 1. The number of thiophene rings is 1. The van der Waals surface area contributed by atoms with E-state index in [1.165, 1.54) is 30.6 Å². The van der Waals surface area contributed by atoms with Crippen molar-refractivity contribution in [3.8, 4) is 16.5 Å². The summed E-state index contributed by atoms with van der Waals surface area (Å²) in [5.41, 5.74) is 0.825. The summed E-state index contributed by atoms with van der Waals surface area (Å²) < 4.78 is 24.3. The quantitative estimate of drug-likeness (QED) is 0.703. The molecule has 1 amide bonds. The summed E-state index contributed by atoms with van der Waals surface area (Å²) in [4.78, 5) is 14.0. The monoisotopic (exact) mass is 375 g/mol. The fraction of sp³-hybridized carbons (Fsp3) is 0.278. The number of ether oxygens (including phenoxy) is 1. The van der Waals surface area contributed by atoms with Gasteiger partial charge in [-0.15, -0.1) is 21.5 Å². The molecule has 0 bridgehead atoms. The van der Waals surface area contributed by atoms with E-state index < -0.39 is 11.7 Å². The van der Waals surface area contributed by atoms with E-state index in [0.717, 1.165) is 15.8 Å². The maximum Gasteiger partial charge on any atom is 0.257 e. The van der Waals surface area contributed by atoms with Gasteiger partial charge in [0.1, 0.15) is 0 Å². The number of anilines is 1. The molecule has 0 fully saturated rings. The molecular formula is C18H18FN3O3S. The molecule has 0 atom stereocenters. The third kappa shape index (κ3) is 3.60. The van der Waals surface area contributed by atoms with Crippen molar-refractivity contribution in [3.05, 3.63) is 46.4 Å². The van der Waals surface area contributed by atoms with Crippen LogP contribution in [0, 0.1) is 12.7 Å². The van der Waals surface area contributed by atoms with Gasteiger partial charge in [-0.2, -0.15) is 0 Å². The number of benzene rings is 1. The first-order chi connectivity index (χ1) is 12.4. The molecule has 0 spiro atoms. The summed E-state index contributed by atoms with van der Waals surface area (Å²) in [6, 6.07) is 5.84. The highest BCUT2D eigenvalue weighted by molar-refractivity contribution is 7.15. The minimum absolute atomic E-state index is 0.0906. The van der Waals surface area contributed by atoms with E-state index >= 15 is 0 Å². The molecule has 1 aromatic carbocycles. The second-order valence-corrected chi connectivity index (χ2v) is 7.24. The standard InChI is InChI=1S/C18H18FN3O3S/c1-9(2)17-21-22-18(25-17)15-8-13(10(3)26-15)20-16(23)11-5-6-14(24-4)12(19)7-11/h5-9H,1-4H3,(H,20,23). The molecule has 6 nitrogen and oxygen atoms in total. The molecule has 2 heterocycles. The molecule has 3 aromatic rings. The Morgan fingerprint density at radius 3 is 2.69 bits per heavy atom. The number of amides is 1. The Kier molecular flexibility index (Phi) is 5.03. The van der Waals surface area contributed by atoms with Crippen LogP contribution in [0.5, 0.6) is 5.75 Å². The van der Waals surface area contributed by atoms with Gasteiger partial charge in [-0.25, -0.2) is 4.39 Å². The zero-order valence-corrected chi connectivity index (χ0v) is 15.6. The molecular weight excluding hydrogens is 357 g/mol. The molecule has 0 aliphatic heterocycles. The molecule has 8 heteroatoms. The van der Waals surface area contributed by atoms with E-state index in [-0.39, 0.29) is 17.2 Å². The Balaban J connectivity index is 1.80. The summed E-state index contributed by atoms with van der Waals surface area (Å²) in [5.74, 6) is 0.208. The molecule has 0 aliphatic rings. The lowest BCUT2D eigenvalue weighted by Gasteiger charge is -2.06. The average molecular weight is 375 g/mol. The first-order valence-electron chi connectivity index (χ1n) is 7.98. The molecule has 136 valence electrons. The maximum atomic E-state index is 13.8. The van der Waals surface area contributed by atoms with Crippen LogP contribution in [0.2, 0.25) is 0 Å². The molecule has 0 aliphatic carbocycles. The van der Waals surface area contributed by atoms with Gasteiger partial charge in [0, 0.05) is 16.4 Å². The third-order valence-electron chi connectivity index (χ3n) is 3.73. The smallest absolute Gasteiger partial charge is 0.257 e. The summed E-state index contributed by atoms with van der Waals surface area (Å²) in [5, 5.41) is 10.8. The molecule has 26 heavy (non-hydrogen) atoms. The van der Waals surface area contributed by atoms with Crippen molar-refractivity contribution in [3.63, 3.8) is 0 Å². The number of methoxy groups -OCH3 is 1. The van der Waals surface area contributed by atoms with Crippen LogP contribution in [0.1, 0.15) is 40.9 Å². The fourth-order valence-electron chi connectivity index (χ4n) is 2.28. The minimum atomic E-state index is -0.588. The van der Waals surface area contributed by atoms with Crippen LogP contribution in [0.25, 0.3) is 10.8 Å². The number of hydrogen-bond acceptors (Lipinski definition) is 6. The van der Waals surface area contributed by atoms with E-state index in [4.69, 9.17) is 9.15 Å². The number of aryl methyl sites for hydroxylation is 1. The lowest BCUT2D eigenvalue weighted by atomic mass is 10.2. The van der Waals surface area contributed by atoms with Crippen molar-refractivity contribution in [2.45, 2.75) is 26.7 Å². The first kappa shape index (κ1) is 18.1. The van der Waals surface area contributed by atoms with Gasteiger partial charge in [0.05, 0.1) is 17.7 Å². The number of rotatable bonds is 5. The van der Waals surface area contributed by atoms with Gasteiger partial charge in [0.15, 0.2) is 11.6 Å². The highest BCUT2D eigenvalue weighted by Gasteiger charge is 2.17. The molecule has 3 rings (SSSR count). The maximum absolute atomic E-state index is 13.8. The van der Waals surface area contributed by atoms with Crippen molar-refractivity contribution >= 4 is 22.9 Å². The van der Waals surface area contributed by atoms with Crippen molar-refractivity contribution in [1.29, 1.82) is 0 Å². The van der Waals surface area contributed by atoms with E-state index in [1.54, 1.807) is 6.07 Å². The van der Waals surface area contributed by atoms with Crippen molar-refractivity contribution in [1.82, 2.24) is 10.2 Å². The summed E-state index contributed by atoms with van der Waals surface area (Å²) in [7, 11) is 1.37. The summed E-state index contributed by atoms with van der Waals surface area (Å²) in [6.45, 7) is 5.81. The molecule has 2 aromatic heterocycles. The largest absolute Gasteiger partial charge is 0.494 e. The van der Waals surface area contributed by atoms with Crippen LogP contribution >= 0.6 is 11.3 Å². The topological polar surface area (TPSA) is 77.2 Å². The number of carbonyl (C=O) groups excluding carboxylic acids is 1. The van der Waals surface area contributed by atoms with Crippen LogP contribution in [0.15, 0.2) is 28.7 Å². The Hall–Kier alpha value is -2.74. The molecule has 0 radical (unpaired) electrons. The second kappa shape index (κ2) is 7.25. The zero-order valence-electron chi connectivity index (χ0n) is 14.8. The fourth-order valence-corrected chi connectivity index (χ4v) is 3.18. The second-order valence-electron chi connectivity index (χ2n) is 5.98. The normalized spacial score (nSPS) is 11.0. The van der Waals surface area contributed by atoms with E-state index in [2.05, 4.69) is 15.5 Å². The number of carbonyl (C=O) groups is 1. The zero-order chi connectivity index (χ0) is 18.8. The highest BCUT2D eigenvalue weighted by Crippen LogP contribution is 2.34. The Morgan fingerprint density at radius 1 is 1.31 bits per heavy atom. The van der Waals surface area contributed by atoms with Crippen LogP contribution in [0.3, 0.4) is 0 Å². The summed E-state index contributed by atoms with van der Waals surface area (Å²) in [6.07, 6.45) is 0. The first-order valence-corrected chi connectivity index (χ1v) is 8.79. The Morgan fingerprint density at radius 2 is 2.08 bits per heavy atom. The number of aromatic nitrogens is 2. The van der Waals surface area contributed by atoms with Crippen molar-refractivity contribution in [2.75, 3.05) is 12.4 Å². The van der Waals surface area contributed by atoms with Gasteiger partial charge in [0.25, 0.3) is 11.8 Å². The average Bonchev–Trinajstić information content (AvgIpc) is 3.22. The SMILES string of the molecule is COc1ccc(C(=O)Nc2cc(-c3nnc(C(C)C)o3)sc2C)cc1F. The van der Waals surface area contributed by atoms with Crippen molar-refractivity contribution < 1.29 is 18.3 Å². The lowest BCUT2D eigenvalue weighted by molar-refractivity contribution is 0.102. The van der Waals surface area contributed by atoms with E-state index in [1.807, 2.05) is 20.8 Å². The van der Waals surface area contributed by atoms with Gasteiger partial charge < -0.3 is 14.5 Å². The lowest BCUT2D eigenvalue weighted by Crippen LogP contribution is -2.12. The van der Waals surface area contributed by atoms with Gasteiger partial charge >= 0.3 is 0 Å². The van der Waals surface area contributed by atoms with Gasteiger partial charge in [-0.05, 0) is 31.2 Å². The van der Waals surface area contributed by atoms with Crippen LogP contribution < -0.4 is 10.1 Å². The number of nitrogens with zero attached hydrogens (tertiary/aromatic N) is 2.